The first-order chi connectivity index (χ1) is 10.6. The lowest BCUT2D eigenvalue weighted by Gasteiger charge is -2.31. The number of hydrogen-bond donors (Lipinski definition) is 3. The van der Waals surface area contributed by atoms with Crippen LogP contribution in [0.15, 0.2) is 0 Å². The molecular formula is C17H30N2O3. The number of carbonyl (C=O) groups is 2. The van der Waals surface area contributed by atoms with E-state index in [4.69, 9.17) is 0 Å². The molecule has 2 aliphatic carbocycles. The molecule has 0 atom stereocenters. The molecule has 0 saturated heterocycles. The standard InChI is InChI=1S/C17H30N2O3/c20-15(12-14-6-2-3-7-14)18-10-11-19-16(21)13-17(22)8-4-1-5-9-17/h14,22H,1-13H2,(H,18,20)(H,19,21). The van der Waals surface area contributed by atoms with Gasteiger partial charge in [0.15, 0.2) is 0 Å². The third-order valence-corrected chi connectivity index (χ3v) is 4.99. The molecule has 0 unspecified atom stereocenters. The van der Waals surface area contributed by atoms with Crippen LogP contribution >= 0.6 is 0 Å². The highest BCUT2D eigenvalue weighted by atomic mass is 16.3. The van der Waals surface area contributed by atoms with Crippen molar-refractivity contribution in [2.24, 2.45) is 5.92 Å². The number of amides is 2. The van der Waals surface area contributed by atoms with Gasteiger partial charge in [-0.2, -0.15) is 0 Å². The Labute approximate surface area is 133 Å². The quantitative estimate of drug-likeness (QED) is 0.628. The number of rotatable bonds is 7. The smallest absolute Gasteiger partial charge is 0.222 e. The minimum absolute atomic E-state index is 0.0899. The Morgan fingerprint density at radius 1 is 0.909 bits per heavy atom. The van der Waals surface area contributed by atoms with Crippen molar-refractivity contribution in [1.29, 1.82) is 0 Å². The molecule has 0 aromatic heterocycles. The topological polar surface area (TPSA) is 78.4 Å². The lowest BCUT2D eigenvalue weighted by atomic mass is 9.82. The number of hydrogen-bond acceptors (Lipinski definition) is 3. The molecule has 22 heavy (non-hydrogen) atoms. The fourth-order valence-corrected chi connectivity index (χ4v) is 3.70. The van der Waals surface area contributed by atoms with Crippen LogP contribution in [0.1, 0.15) is 70.6 Å². The monoisotopic (exact) mass is 310 g/mol. The van der Waals surface area contributed by atoms with Crippen LogP contribution in [0.5, 0.6) is 0 Å². The molecule has 2 fully saturated rings. The lowest BCUT2D eigenvalue weighted by molar-refractivity contribution is -0.128. The van der Waals surface area contributed by atoms with E-state index in [9.17, 15) is 14.7 Å². The van der Waals surface area contributed by atoms with E-state index in [-0.39, 0.29) is 18.2 Å². The third-order valence-electron chi connectivity index (χ3n) is 4.99. The van der Waals surface area contributed by atoms with Crippen molar-refractivity contribution >= 4 is 11.8 Å². The first-order valence-corrected chi connectivity index (χ1v) is 8.83. The Morgan fingerprint density at radius 3 is 2.14 bits per heavy atom. The van der Waals surface area contributed by atoms with Crippen LogP contribution in [-0.4, -0.2) is 35.6 Å². The van der Waals surface area contributed by atoms with Crippen LogP contribution in [0.4, 0.5) is 0 Å². The van der Waals surface area contributed by atoms with Crippen molar-refractivity contribution in [2.45, 2.75) is 76.2 Å². The number of nitrogens with one attached hydrogen (secondary N) is 2. The maximum Gasteiger partial charge on any atom is 0.222 e. The van der Waals surface area contributed by atoms with Crippen molar-refractivity contribution in [3.05, 3.63) is 0 Å². The molecule has 0 aromatic rings. The predicted octanol–water partition coefficient (Wildman–Crippen LogP) is 1.88. The van der Waals surface area contributed by atoms with Gasteiger partial charge in [-0.05, 0) is 31.6 Å². The molecular weight excluding hydrogens is 280 g/mol. The van der Waals surface area contributed by atoms with Gasteiger partial charge in [-0.1, -0.05) is 32.1 Å². The van der Waals surface area contributed by atoms with Crippen molar-refractivity contribution < 1.29 is 14.7 Å². The van der Waals surface area contributed by atoms with Crippen LogP contribution < -0.4 is 10.6 Å². The summed E-state index contributed by atoms with van der Waals surface area (Å²) >= 11 is 0. The fraction of sp³-hybridized carbons (Fsp3) is 0.882. The minimum atomic E-state index is -0.811. The molecule has 0 aromatic carbocycles. The van der Waals surface area contributed by atoms with E-state index >= 15 is 0 Å². The zero-order valence-electron chi connectivity index (χ0n) is 13.5. The first-order valence-electron chi connectivity index (χ1n) is 8.83. The van der Waals surface area contributed by atoms with Gasteiger partial charge in [0, 0.05) is 19.5 Å². The van der Waals surface area contributed by atoms with Gasteiger partial charge in [0.1, 0.15) is 0 Å². The van der Waals surface area contributed by atoms with E-state index in [1.807, 2.05) is 0 Å². The molecule has 5 heteroatoms. The second-order valence-electron chi connectivity index (χ2n) is 7.02. The average molecular weight is 310 g/mol. The molecule has 2 aliphatic rings. The summed E-state index contributed by atoms with van der Waals surface area (Å²) in [6.07, 6.45) is 10.2. The Hall–Kier alpha value is -1.10. The van der Waals surface area contributed by atoms with Crippen LogP contribution in [-0.2, 0) is 9.59 Å². The zero-order valence-corrected chi connectivity index (χ0v) is 13.5. The highest BCUT2D eigenvalue weighted by molar-refractivity contribution is 5.77. The Bertz CT molecular complexity index is 372. The first kappa shape index (κ1) is 17.3. The van der Waals surface area contributed by atoms with Gasteiger partial charge in [-0.25, -0.2) is 0 Å². The molecule has 2 amide bonds. The van der Waals surface area contributed by atoms with E-state index in [1.165, 1.54) is 25.7 Å². The second-order valence-corrected chi connectivity index (χ2v) is 7.02. The SMILES string of the molecule is O=C(CC1CCCC1)NCCNC(=O)CC1(O)CCCCC1. The van der Waals surface area contributed by atoms with Crippen molar-refractivity contribution in [3.8, 4) is 0 Å². The molecule has 5 nitrogen and oxygen atoms in total. The molecule has 2 rings (SSSR count). The van der Waals surface area contributed by atoms with Crippen LogP contribution in [0, 0.1) is 5.92 Å². The zero-order chi connectivity index (χ0) is 15.8. The molecule has 0 aliphatic heterocycles. The molecule has 3 N–H and O–H groups in total. The van der Waals surface area contributed by atoms with Gasteiger partial charge in [-0.3, -0.25) is 9.59 Å². The van der Waals surface area contributed by atoms with Gasteiger partial charge < -0.3 is 15.7 Å². The van der Waals surface area contributed by atoms with Crippen LogP contribution in [0.25, 0.3) is 0 Å². The summed E-state index contributed by atoms with van der Waals surface area (Å²) in [5.74, 6) is 0.525. The van der Waals surface area contributed by atoms with Gasteiger partial charge in [0.2, 0.25) is 11.8 Å². The number of carbonyl (C=O) groups excluding carboxylic acids is 2. The van der Waals surface area contributed by atoms with Crippen molar-refractivity contribution in [2.75, 3.05) is 13.1 Å². The predicted molar refractivity (Wildman–Crippen MR) is 85.2 cm³/mol. The minimum Gasteiger partial charge on any atom is -0.389 e. The van der Waals surface area contributed by atoms with E-state index in [1.54, 1.807) is 0 Å². The summed E-state index contributed by atoms with van der Waals surface area (Å²) in [6.45, 7) is 0.904. The Kier molecular flexibility index (Phi) is 6.68. The Morgan fingerprint density at radius 2 is 1.50 bits per heavy atom. The largest absolute Gasteiger partial charge is 0.389 e. The van der Waals surface area contributed by atoms with E-state index < -0.39 is 5.60 Å². The summed E-state index contributed by atoms with van der Waals surface area (Å²) in [5.41, 5.74) is -0.811. The molecule has 0 spiro atoms. The second kappa shape index (κ2) is 8.51. The average Bonchev–Trinajstić information content (AvgIpc) is 2.97. The summed E-state index contributed by atoms with van der Waals surface area (Å²) in [5, 5.41) is 16.0. The highest BCUT2D eigenvalue weighted by Crippen LogP contribution is 2.30. The maximum absolute atomic E-state index is 11.9. The number of aliphatic hydroxyl groups is 1. The highest BCUT2D eigenvalue weighted by Gasteiger charge is 2.31. The van der Waals surface area contributed by atoms with Crippen LogP contribution in [0.2, 0.25) is 0 Å². The van der Waals surface area contributed by atoms with Crippen molar-refractivity contribution in [3.63, 3.8) is 0 Å². The normalized spacial score (nSPS) is 21.5. The molecule has 126 valence electrons. The molecule has 0 radical (unpaired) electrons. The molecule has 0 heterocycles. The van der Waals surface area contributed by atoms with Gasteiger partial charge in [0.05, 0.1) is 12.0 Å². The summed E-state index contributed by atoms with van der Waals surface area (Å²) in [4.78, 5) is 23.6. The molecule has 2 saturated carbocycles. The summed E-state index contributed by atoms with van der Waals surface area (Å²) < 4.78 is 0. The van der Waals surface area contributed by atoms with Gasteiger partial charge in [-0.15, -0.1) is 0 Å². The summed E-state index contributed by atoms with van der Waals surface area (Å²) in [6, 6.07) is 0. The molecule has 0 bridgehead atoms. The fourth-order valence-electron chi connectivity index (χ4n) is 3.70. The van der Waals surface area contributed by atoms with E-state index in [0.29, 0.717) is 25.4 Å². The van der Waals surface area contributed by atoms with E-state index in [0.717, 1.165) is 32.1 Å². The Balaban J connectivity index is 1.53. The summed E-state index contributed by atoms with van der Waals surface area (Å²) in [7, 11) is 0. The third kappa shape index (κ3) is 5.95. The maximum atomic E-state index is 11.9. The lowest BCUT2D eigenvalue weighted by Crippen LogP contribution is -2.40. The van der Waals surface area contributed by atoms with Gasteiger partial charge >= 0.3 is 0 Å². The van der Waals surface area contributed by atoms with Crippen LogP contribution in [0.3, 0.4) is 0 Å². The van der Waals surface area contributed by atoms with Crippen molar-refractivity contribution in [1.82, 2.24) is 10.6 Å². The van der Waals surface area contributed by atoms with Gasteiger partial charge in [0.25, 0.3) is 0 Å². The van der Waals surface area contributed by atoms with E-state index in [2.05, 4.69) is 10.6 Å².